The van der Waals surface area contributed by atoms with Gasteiger partial charge in [0, 0.05) is 0 Å². The number of hydrogen-bond donors (Lipinski definition) is 0. The second-order valence-corrected chi connectivity index (χ2v) is 8.23. The number of rotatable bonds is 2. The van der Waals surface area contributed by atoms with Crippen LogP contribution in [0.2, 0.25) is 0 Å². The predicted molar refractivity (Wildman–Crippen MR) is 38.8 cm³/mol. The highest BCUT2D eigenvalue weighted by molar-refractivity contribution is 7.68. The minimum Gasteiger partial charge on any atom is -0.302 e. The van der Waals surface area contributed by atoms with Crippen molar-refractivity contribution in [1.29, 1.82) is 0 Å². The van der Waals surface area contributed by atoms with Crippen LogP contribution in [0.3, 0.4) is 0 Å². The maximum Gasteiger partial charge on any atom is 0.383 e. The second kappa shape index (κ2) is 2.81. The van der Waals surface area contributed by atoms with Crippen molar-refractivity contribution < 1.29 is 9.59 Å². The fourth-order valence-electron chi connectivity index (χ4n) is 0.248. The molecule has 0 aliphatic heterocycles. The summed E-state index contributed by atoms with van der Waals surface area (Å²) in [7, 11) is 0. The highest BCUT2D eigenvalue weighted by Crippen LogP contribution is 2.16. The van der Waals surface area contributed by atoms with Crippen LogP contribution in [-0.4, -0.2) is 17.5 Å². The molecular formula is C4H6Cl2O2Si. The van der Waals surface area contributed by atoms with Crippen molar-refractivity contribution in [2.75, 3.05) is 0 Å². The summed E-state index contributed by atoms with van der Waals surface area (Å²) in [5.74, 6) is 0. The lowest BCUT2D eigenvalue weighted by molar-refractivity contribution is -0.113. The zero-order chi connectivity index (χ0) is 7.65. The summed E-state index contributed by atoms with van der Waals surface area (Å²) in [4.78, 5) is 21.0. The maximum atomic E-state index is 10.5. The smallest absolute Gasteiger partial charge is 0.302 e. The van der Waals surface area contributed by atoms with E-state index in [0.717, 1.165) is 0 Å². The highest BCUT2D eigenvalue weighted by Gasteiger charge is 2.40. The molecule has 9 heavy (non-hydrogen) atoms. The molecule has 0 aliphatic carbocycles. The fourth-order valence-corrected chi connectivity index (χ4v) is 0.744. The van der Waals surface area contributed by atoms with Crippen LogP contribution in [0.25, 0.3) is 0 Å². The number of hydrogen-bond acceptors (Lipinski definition) is 2. The second-order valence-electron chi connectivity index (χ2n) is 1.69. The quantitative estimate of drug-likeness (QED) is 0.477. The van der Waals surface area contributed by atoms with E-state index in [-0.39, 0.29) is 0 Å². The van der Waals surface area contributed by atoms with Crippen LogP contribution in [-0.2, 0) is 9.59 Å². The van der Waals surface area contributed by atoms with Gasteiger partial charge in [-0.05, 0) is 13.8 Å². The number of carbonyl (C=O) groups is 2. The molecule has 2 nitrogen and oxygen atoms in total. The molecule has 5 heteroatoms. The first kappa shape index (κ1) is 9.14. The number of carbonyl (C=O) groups excluding carboxylic acids is 2. The van der Waals surface area contributed by atoms with E-state index >= 15 is 0 Å². The SMILES string of the molecule is CC(=O)[Si](Cl)(Cl)C(C)=O. The molecular weight excluding hydrogens is 179 g/mol. The van der Waals surface area contributed by atoms with Gasteiger partial charge in [0.05, 0.1) is 0 Å². The van der Waals surface area contributed by atoms with Crippen molar-refractivity contribution in [3.8, 4) is 0 Å². The molecule has 0 atom stereocenters. The Hall–Kier alpha value is 0.137. The van der Waals surface area contributed by atoms with E-state index in [9.17, 15) is 9.59 Å². The molecule has 0 aromatic carbocycles. The van der Waals surface area contributed by atoms with Crippen molar-refractivity contribution >= 4 is 39.7 Å². The predicted octanol–water partition coefficient (Wildman–Crippen LogP) is 1.16. The Kier molecular flexibility index (Phi) is 2.86. The fraction of sp³-hybridized carbons (Fsp3) is 0.500. The lowest BCUT2D eigenvalue weighted by Crippen LogP contribution is -2.38. The topological polar surface area (TPSA) is 34.1 Å². The van der Waals surface area contributed by atoms with Gasteiger partial charge >= 0.3 is 6.69 Å². The lowest BCUT2D eigenvalue weighted by atomic mass is 10.9. The van der Waals surface area contributed by atoms with Gasteiger partial charge in [-0.3, -0.25) is 0 Å². The summed E-state index contributed by atoms with van der Waals surface area (Å²) >= 11 is 10.8. The van der Waals surface area contributed by atoms with Crippen molar-refractivity contribution in [2.45, 2.75) is 13.8 Å². The van der Waals surface area contributed by atoms with E-state index in [4.69, 9.17) is 22.2 Å². The Bertz CT molecular complexity index is 139. The first-order chi connectivity index (χ1) is 3.89. The van der Waals surface area contributed by atoms with E-state index in [1.807, 2.05) is 0 Å². The van der Waals surface area contributed by atoms with Crippen molar-refractivity contribution in [3.63, 3.8) is 0 Å². The van der Waals surface area contributed by atoms with E-state index in [1.165, 1.54) is 13.8 Å². The van der Waals surface area contributed by atoms with Crippen molar-refractivity contribution in [3.05, 3.63) is 0 Å². The first-order valence-corrected chi connectivity index (χ1v) is 6.31. The third-order valence-electron chi connectivity index (χ3n) is 0.884. The Labute approximate surface area is 63.6 Å². The van der Waals surface area contributed by atoms with Gasteiger partial charge < -0.3 is 9.59 Å². The standard InChI is InChI=1S/C4H6Cl2O2Si/c1-3(7)9(5,6)4(2)8/h1-2H3. The lowest BCUT2D eigenvalue weighted by Gasteiger charge is -2.05. The minimum absolute atomic E-state index is 0.404. The van der Waals surface area contributed by atoms with Gasteiger partial charge in [0.1, 0.15) is 0 Å². The molecule has 0 radical (unpaired) electrons. The molecule has 0 saturated heterocycles. The molecule has 0 unspecified atom stereocenters. The van der Waals surface area contributed by atoms with Gasteiger partial charge in [-0.25, -0.2) is 0 Å². The average Bonchev–Trinajstić information content (AvgIpc) is 1.65. The van der Waals surface area contributed by atoms with Crippen LogP contribution in [0.1, 0.15) is 13.8 Å². The Morgan fingerprint density at radius 3 is 1.33 bits per heavy atom. The van der Waals surface area contributed by atoms with E-state index in [0.29, 0.717) is 0 Å². The van der Waals surface area contributed by atoms with Gasteiger partial charge in [0.15, 0.2) is 10.8 Å². The normalized spacial score (nSPS) is 11.1. The van der Waals surface area contributed by atoms with Crippen molar-refractivity contribution in [2.24, 2.45) is 0 Å². The van der Waals surface area contributed by atoms with Crippen LogP contribution in [0, 0.1) is 0 Å². The first-order valence-electron chi connectivity index (χ1n) is 2.29. The molecule has 0 amide bonds. The summed E-state index contributed by atoms with van der Waals surface area (Å²) in [6.07, 6.45) is 0. The molecule has 0 N–H and O–H groups in total. The van der Waals surface area contributed by atoms with Crippen LogP contribution < -0.4 is 0 Å². The van der Waals surface area contributed by atoms with Gasteiger partial charge in [-0.15, -0.1) is 22.2 Å². The van der Waals surface area contributed by atoms with Crippen molar-refractivity contribution in [1.82, 2.24) is 0 Å². The zero-order valence-electron chi connectivity index (χ0n) is 5.07. The largest absolute Gasteiger partial charge is 0.383 e. The molecule has 0 aromatic rings. The van der Waals surface area contributed by atoms with Crippen LogP contribution in [0.4, 0.5) is 0 Å². The minimum atomic E-state index is -3.19. The third-order valence-corrected chi connectivity index (χ3v) is 5.85. The molecule has 0 aromatic heterocycles. The van der Waals surface area contributed by atoms with E-state index in [1.54, 1.807) is 0 Å². The molecule has 0 fully saturated rings. The molecule has 0 saturated carbocycles. The van der Waals surface area contributed by atoms with E-state index in [2.05, 4.69) is 0 Å². The summed E-state index contributed by atoms with van der Waals surface area (Å²) in [5, 5.41) is -0.809. The van der Waals surface area contributed by atoms with Gasteiger partial charge in [0.2, 0.25) is 0 Å². The monoisotopic (exact) mass is 184 g/mol. The summed E-state index contributed by atoms with van der Waals surface area (Å²) in [5.41, 5.74) is 0. The van der Waals surface area contributed by atoms with Crippen LogP contribution in [0.15, 0.2) is 0 Å². The highest BCUT2D eigenvalue weighted by atomic mass is 35.7. The van der Waals surface area contributed by atoms with E-state index < -0.39 is 17.5 Å². The maximum absolute atomic E-state index is 10.5. The third kappa shape index (κ3) is 2.08. The summed E-state index contributed by atoms with van der Waals surface area (Å²) in [6, 6.07) is 0. The summed E-state index contributed by atoms with van der Waals surface area (Å²) in [6.45, 7) is -0.732. The van der Waals surface area contributed by atoms with Gasteiger partial charge in [0.25, 0.3) is 0 Å². The van der Waals surface area contributed by atoms with Gasteiger partial charge in [-0.1, -0.05) is 0 Å². The average molecular weight is 185 g/mol. The molecule has 0 aliphatic rings. The van der Waals surface area contributed by atoms with Gasteiger partial charge in [-0.2, -0.15) is 0 Å². The molecule has 0 rings (SSSR count). The van der Waals surface area contributed by atoms with Crippen LogP contribution >= 0.6 is 22.2 Å². The summed E-state index contributed by atoms with van der Waals surface area (Å²) < 4.78 is 0. The Morgan fingerprint density at radius 1 is 1.11 bits per heavy atom. The Balaban J connectivity index is 4.38. The zero-order valence-corrected chi connectivity index (χ0v) is 7.58. The molecule has 0 heterocycles. The van der Waals surface area contributed by atoms with Crippen LogP contribution in [0.5, 0.6) is 0 Å². The molecule has 0 spiro atoms. The molecule has 0 bridgehead atoms. The number of halogens is 2. The Morgan fingerprint density at radius 2 is 1.33 bits per heavy atom. The molecule has 52 valence electrons.